The van der Waals surface area contributed by atoms with Gasteiger partial charge in [0.05, 0.1) is 18.4 Å². The zero-order chi connectivity index (χ0) is 32.7. The zero-order valence-electron chi connectivity index (χ0n) is 22.9. The van der Waals surface area contributed by atoms with E-state index in [1.165, 1.54) is 6.33 Å². The Bertz CT molecular complexity index is 929. The number of carboxylic acid groups (broad SMARTS) is 5. The largest absolute Gasteiger partial charge is 0.481 e. The Hall–Kier alpha value is -4.33. The van der Waals surface area contributed by atoms with Crippen LogP contribution in [0.15, 0.2) is 12.5 Å². The molecule has 0 saturated heterocycles. The third-order valence-electron chi connectivity index (χ3n) is 4.38. The third-order valence-corrected chi connectivity index (χ3v) is 4.38. The van der Waals surface area contributed by atoms with Gasteiger partial charge in [-0.05, 0) is 25.2 Å². The SMILES string of the molecule is CC(C)CC(N)C(=O)O.N=C(N)NCCCC(N)C(=O)O.NC(CC(=O)O)C(=O)O.NC(Cc1c[nH]cn1)C(=O)O. The number of carbonyl (C=O) groups is 5. The molecule has 0 spiro atoms. The van der Waals surface area contributed by atoms with Crippen LogP contribution in [-0.2, 0) is 30.4 Å². The van der Waals surface area contributed by atoms with Crippen molar-refractivity contribution in [2.75, 3.05) is 6.54 Å². The summed E-state index contributed by atoms with van der Waals surface area (Å²) in [4.78, 5) is 56.8. The highest BCUT2D eigenvalue weighted by Crippen LogP contribution is 2.01. The van der Waals surface area contributed by atoms with E-state index < -0.39 is 60.4 Å². The molecule has 1 heterocycles. The number of nitrogens with one attached hydrogen (secondary N) is 3. The number of carboxylic acids is 5. The van der Waals surface area contributed by atoms with Crippen molar-refractivity contribution in [2.24, 2.45) is 34.6 Å². The summed E-state index contributed by atoms with van der Waals surface area (Å²) in [6, 6.07) is -3.66. The number of nitrogens with two attached hydrogens (primary N) is 5. The van der Waals surface area contributed by atoms with Gasteiger partial charge in [0.25, 0.3) is 0 Å². The predicted molar refractivity (Wildman–Crippen MR) is 146 cm³/mol. The predicted octanol–water partition coefficient (Wildman–Crippen LogP) is -2.66. The fourth-order valence-electron chi connectivity index (χ4n) is 2.27. The molecular weight excluding hydrogens is 550 g/mol. The van der Waals surface area contributed by atoms with E-state index in [4.69, 9.17) is 59.6 Å². The maximum absolute atomic E-state index is 10.3. The van der Waals surface area contributed by atoms with Crippen LogP contribution in [0.1, 0.15) is 45.2 Å². The van der Waals surface area contributed by atoms with E-state index in [0.717, 1.165) is 0 Å². The van der Waals surface area contributed by atoms with E-state index in [1.807, 2.05) is 13.8 Å². The molecule has 0 aromatic carbocycles. The minimum atomic E-state index is -1.29. The van der Waals surface area contributed by atoms with Gasteiger partial charge in [-0.3, -0.25) is 29.4 Å². The lowest BCUT2D eigenvalue weighted by molar-refractivity contribution is -0.144. The first-order valence-corrected chi connectivity index (χ1v) is 12.0. The van der Waals surface area contributed by atoms with E-state index in [0.29, 0.717) is 37.4 Å². The van der Waals surface area contributed by atoms with Crippen LogP contribution in [0.2, 0.25) is 0 Å². The van der Waals surface area contributed by atoms with Crippen LogP contribution >= 0.6 is 0 Å². The Balaban J connectivity index is -0.000000473. The summed E-state index contributed by atoms with van der Waals surface area (Å²) in [5, 5.41) is 50.5. The van der Waals surface area contributed by atoms with Gasteiger partial charge in [0.1, 0.15) is 24.2 Å². The highest BCUT2D eigenvalue weighted by Gasteiger charge is 2.15. The summed E-state index contributed by atoms with van der Waals surface area (Å²) in [7, 11) is 0. The smallest absolute Gasteiger partial charge is 0.321 e. The molecular formula is C22H43N9O10. The Morgan fingerprint density at radius 1 is 0.878 bits per heavy atom. The average molecular weight is 594 g/mol. The highest BCUT2D eigenvalue weighted by atomic mass is 16.4. The first-order chi connectivity index (χ1) is 18.8. The number of H-pyrrole nitrogens is 1. The van der Waals surface area contributed by atoms with Crippen LogP contribution < -0.4 is 34.0 Å². The van der Waals surface area contributed by atoms with E-state index in [1.54, 1.807) is 6.20 Å². The maximum Gasteiger partial charge on any atom is 0.321 e. The van der Waals surface area contributed by atoms with Crippen molar-refractivity contribution < 1.29 is 49.5 Å². The maximum atomic E-state index is 10.3. The summed E-state index contributed by atoms with van der Waals surface area (Å²) < 4.78 is 0. The van der Waals surface area contributed by atoms with Gasteiger partial charge in [0.15, 0.2) is 5.96 Å². The lowest BCUT2D eigenvalue weighted by Crippen LogP contribution is -2.34. The molecule has 0 bridgehead atoms. The van der Waals surface area contributed by atoms with Crippen LogP contribution in [0.3, 0.4) is 0 Å². The van der Waals surface area contributed by atoms with Gasteiger partial charge in [-0.25, -0.2) is 4.98 Å². The average Bonchev–Trinajstić information content (AvgIpc) is 3.34. The number of imidazole rings is 1. The molecule has 4 atom stereocenters. The van der Waals surface area contributed by atoms with Gasteiger partial charge in [-0.15, -0.1) is 0 Å². The Morgan fingerprint density at radius 3 is 1.66 bits per heavy atom. The van der Waals surface area contributed by atoms with Crippen molar-refractivity contribution in [1.82, 2.24) is 15.3 Å². The topological polar surface area (TPSA) is 381 Å². The van der Waals surface area contributed by atoms with E-state index in [2.05, 4.69) is 15.3 Å². The monoisotopic (exact) mass is 593 g/mol. The van der Waals surface area contributed by atoms with Crippen LogP contribution in [0.5, 0.6) is 0 Å². The molecule has 0 saturated carbocycles. The van der Waals surface area contributed by atoms with Gasteiger partial charge in [-0.1, -0.05) is 13.8 Å². The summed E-state index contributed by atoms with van der Waals surface area (Å²) in [6.07, 6.45) is 4.37. The quantitative estimate of drug-likeness (QED) is 0.0594. The van der Waals surface area contributed by atoms with Crippen molar-refractivity contribution in [1.29, 1.82) is 5.41 Å². The normalized spacial score (nSPS) is 12.8. The van der Waals surface area contributed by atoms with Crippen molar-refractivity contribution in [3.63, 3.8) is 0 Å². The lowest BCUT2D eigenvalue weighted by atomic mass is 10.1. The fourth-order valence-corrected chi connectivity index (χ4v) is 2.27. The van der Waals surface area contributed by atoms with Crippen LogP contribution in [0.4, 0.5) is 0 Å². The number of aliphatic carboxylic acids is 5. The molecule has 0 aliphatic heterocycles. The van der Waals surface area contributed by atoms with Crippen molar-refractivity contribution in [3.05, 3.63) is 18.2 Å². The molecule has 1 rings (SSSR count). The molecule has 19 heteroatoms. The summed E-state index contributed by atoms with van der Waals surface area (Å²) >= 11 is 0. The highest BCUT2D eigenvalue weighted by molar-refractivity contribution is 5.80. The van der Waals surface area contributed by atoms with Crippen molar-refractivity contribution in [2.45, 2.75) is 70.1 Å². The Kier molecular flexibility index (Phi) is 23.6. The van der Waals surface area contributed by atoms with E-state index >= 15 is 0 Å². The molecule has 41 heavy (non-hydrogen) atoms. The second-order valence-electron chi connectivity index (χ2n) is 8.75. The number of rotatable bonds is 14. The first-order valence-electron chi connectivity index (χ1n) is 12.0. The van der Waals surface area contributed by atoms with Gasteiger partial charge in [0, 0.05) is 19.2 Å². The number of hydrogen-bond acceptors (Lipinski definition) is 11. The molecule has 19 nitrogen and oxygen atoms in total. The molecule has 18 N–H and O–H groups in total. The van der Waals surface area contributed by atoms with Crippen LogP contribution in [-0.4, -0.2) is 102 Å². The van der Waals surface area contributed by atoms with Crippen LogP contribution in [0.25, 0.3) is 0 Å². The number of aromatic nitrogens is 2. The second kappa shape index (κ2) is 23.5. The molecule has 0 aliphatic rings. The molecule has 1 aromatic heterocycles. The van der Waals surface area contributed by atoms with E-state index in [9.17, 15) is 24.0 Å². The molecule has 4 unspecified atom stereocenters. The number of guanidine groups is 1. The summed E-state index contributed by atoms with van der Waals surface area (Å²) in [5.74, 6) is -5.17. The third kappa shape index (κ3) is 28.5. The number of hydrogen-bond donors (Lipinski definition) is 13. The Morgan fingerprint density at radius 2 is 1.37 bits per heavy atom. The first kappa shape index (κ1) is 41.2. The number of nitrogens with zero attached hydrogens (tertiary/aromatic N) is 1. The zero-order valence-corrected chi connectivity index (χ0v) is 22.9. The minimum absolute atomic E-state index is 0.112. The molecule has 0 fully saturated rings. The molecule has 1 aromatic rings. The van der Waals surface area contributed by atoms with Crippen molar-refractivity contribution >= 4 is 35.8 Å². The van der Waals surface area contributed by atoms with Crippen LogP contribution in [0, 0.1) is 11.3 Å². The fraction of sp³-hybridized carbons (Fsp3) is 0.591. The second-order valence-corrected chi connectivity index (χ2v) is 8.75. The van der Waals surface area contributed by atoms with Gasteiger partial charge in [-0.2, -0.15) is 0 Å². The van der Waals surface area contributed by atoms with Gasteiger partial charge >= 0.3 is 29.8 Å². The summed E-state index contributed by atoms with van der Waals surface area (Å²) in [6.45, 7) is 4.38. The summed E-state index contributed by atoms with van der Waals surface area (Å²) in [5.41, 5.74) is 26.2. The molecule has 0 aliphatic carbocycles. The Labute approximate surface area is 236 Å². The van der Waals surface area contributed by atoms with Crippen molar-refractivity contribution in [3.8, 4) is 0 Å². The molecule has 0 radical (unpaired) electrons. The number of aromatic amines is 1. The van der Waals surface area contributed by atoms with Gasteiger partial charge < -0.3 is 64.5 Å². The lowest BCUT2D eigenvalue weighted by Gasteiger charge is -2.07. The van der Waals surface area contributed by atoms with E-state index in [-0.39, 0.29) is 12.4 Å². The molecule has 236 valence electrons. The minimum Gasteiger partial charge on any atom is -0.481 e. The van der Waals surface area contributed by atoms with Gasteiger partial charge in [0.2, 0.25) is 0 Å². The standard InChI is InChI=1S/C6H14N4O2.C6H9N3O2.C6H13NO2.C4H7NO4/c7-4(5(11)12)2-1-3-10-6(8)9;7-5(6(10)11)1-4-2-8-3-9-4;1-4(2)3-5(7)6(8)9;5-2(4(8)9)1-3(6)7/h4H,1-3,7H2,(H,11,12)(H4,8,9,10);2-3,5H,1,7H2,(H,8,9)(H,10,11);4-5H,3,7H2,1-2H3,(H,8,9);2H,1,5H2,(H,6,7)(H,8,9). The molecule has 0 amide bonds.